The van der Waals surface area contributed by atoms with Crippen LogP contribution in [-0.2, 0) is 11.3 Å². The van der Waals surface area contributed by atoms with Crippen LogP contribution in [0.15, 0.2) is 42.5 Å². The van der Waals surface area contributed by atoms with Crippen LogP contribution < -0.4 is 19.5 Å². The molecule has 168 valence electrons. The number of ether oxygens (including phenoxy) is 3. The SMILES string of the molecule is COc1cc(CN(CC(=O)N[C@@H](C)c2ccccc2OC)C2CC2)ccc1OC(F)F. The molecule has 0 radical (unpaired) electrons. The Bertz CT molecular complexity index is 890. The van der Waals surface area contributed by atoms with Gasteiger partial charge in [0, 0.05) is 18.2 Å². The summed E-state index contributed by atoms with van der Waals surface area (Å²) in [7, 11) is 3.01. The van der Waals surface area contributed by atoms with E-state index in [-0.39, 0.29) is 30.0 Å². The van der Waals surface area contributed by atoms with Crippen LogP contribution in [0.1, 0.15) is 36.9 Å². The van der Waals surface area contributed by atoms with Gasteiger partial charge in [-0.3, -0.25) is 9.69 Å². The van der Waals surface area contributed by atoms with Gasteiger partial charge in [-0.1, -0.05) is 24.3 Å². The van der Waals surface area contributed by atoms with E-state index in [1.54, 1.807) is 19.2 Å². The molecule has 1 atom stereocenters. The van der Waals surface area contributed by atoms with Crippen LogP contribution in [0, 0.1) is 0 Å². The molecule has 8 heteroatoms. The highest BCUT2D eigenvalue weighted by atomic mass is 19.3. The average Bonchev–Trinajstić information content (AvgIpc) is 3.59. The lowest BCUT2D eigenvalue weighted by molar-refractivity contribution is -0.123. The molecule has 31 heavy (non-hydrogen) atoms. The van der Waals surface area contributed by atoms with Crippen LogP contribution in [0.4, 0.5) is 8.78 Å². The Morgan fingerprint density at radius 2 is 1.81 bits per heavy atom. The van der Waals surface area contributed by atoms with Crippen molar-refractivity contribution in [1.29, 1.82) is 0 Å². The van der Waals surface area contributed by atoms with Crippen molar-refractivity contribution in [2.24, 2.45) is 0 Å². The molecule has 1 aliphatic rings. The third-order valence-electron chi connectivity index (χ3n) is 5.22. The second-order valence-corrected chi connectivity index (χ2v) is 7.53. The van der Waals surface area contributed by atoms with E-state index in [1.165, 1.54) is 13.2 Å². The smallest absolute Gasteiger partial charge is 0.387 e. The number of carbonyl (C=O) groups is 1. The van der Waals surface area contributed by atoms with E-state index in [9.17, 15) is 13.6 Å². The highest BCUT2D eigenvalue weighted by Gasteiger charge is 2.31. The van der Waals surface area contributed by atoms with Gasteiger partial charge >= 0.3 is 6.61 Å². The highest BCUT2D eigenvalue weighted by molar-refractivity contribution is 5.78. The number of nitrogens with zero attached hydrogens (tertiary/aromatic N) is 1. The second-order valence-electron chi connectivity index (χ2n) is 7.53. The van der Waals surface area contributed by atoms with Gasteiger partial charge in [0.25, 0.3) is 0 Å². The maximum absolute atomic E-state index is 12.7. The fourth-order valence-electron chi connectivity index (χ4n) is 3.57. The van der Waals surface area contributed by atoms with Crippen molar-refractivity contribution < 1.29 is 27.8 Å². The van der Waals surface area contributed by atoms with Crippen LogP contribution in [0.2, 0.25) is 0 Å². The van der Waals surface area contributed by atoms with Gasteiger partial charge in [0.05, 0.1) is 26.8 Å². The summed E-state index contributed by atoms with van der Waals surface area (Å²) in [5, 5.41) is 3.03. The Kier molecular flexibility index (Phi) is 7.68. The normalized spacial score (nSPS) is 14.4. The largest absolute Gasteiger partial charge is 0.496 e. The molecule has 0 spiro atoms. The summed E-state index contributed by atoms with van der Waals surface area (Å²) < 4.78 is 40.1. The van der Waals surface area contributed by atoms with Gasteiger partial charge in [-0.25, -0.2) is 0 Å². The molecular weight excluding hydrogens is 406 g/mol. The molecule has 1 N–H and O–H groups in total. The molecule has 6 nitrogen and oxygen atoms in total. The third kappa shape index (κ3) is 6.30. The molecule has 0 aromatic heterocycles. The van der Waals surface area contributed by atoms with Crippen molar-refractivity contribution >= 4 is 5.91 Å². The number of alkyl halides is 2. The second kappa shape index (κ2) is 10.4. The van der Waals surface area contributed by atoms with Gasteiger partial charge in [0.1, 0.15) is 5.75 Å². The Labute approximate surface area is 181 Å². The zero-order valence-electron chi connectivity index (χ0n) is 17.9. The Morgan fingerprint density at radius 1 is 1.10 bits per heavy atom. The molecule has 1 saturated carbocycles. The molecule has 0 heterocycles. The first-order valence-electron chi connectivity index (χ1n) is 10.2. The van der Waals surface area contributed by atoms with Crippen molar-refractivity contribution in [3.63, 3.8) is 0 Å². The molecule has 0 aliphatic heterocycles. The van der Waals surface area contributed by atoms with E-state index in [0.717, 1.165) is 29.7 Å². The van der Waals surface area contributed by atoms with Gasteiger partial charge in [-0.15, -0.1) is 0 Å². The number of methoxy groups -OCH3 is 2. The fraction of sp³-hybridized carbons (Fsp3) is 0.435. The van der Waals surface area contributed by atoms with Crippen molar-refractivity contribution in [2.75, 3.05) is 20.8 Å². The van der Waals surface area contributed by atoms with Crippen LogP contribution in [-0.4, -0.2) is 44.2 Å². The lowest BCUT2D eigenvalue weighted by Crippen LogP contribution is -2.39. The van der Waals surface area contributed by atoms with Gasteiger partial charge in [-0.2, -0.15) is 8.78 Å². The minimum absolute atomic E-state index is 0.0115. The van der Waals surface area contributed by atoms with E-state index in [4.69, 9.17) is 9.47 Å². The first-order chi connectivity index (χ1) is 14.9. The van der Waals surface area contributed by atoms with Gasteiger partial charge in [0.2, 0.25) is 5.91 Å². The topological polar surface area (TPSA) is 60.0 Å². The maximum Gasteiger partial charge on any atom is 0.387 e. The molecule has 1 amide bonds. The van der Waals surface area contributed by atoms with Crippen LogP contribution in [0.3, 0.4) is 0 Å². The predicted octanol–water partition coefficient (Wildman–Crippen LogP) is 4.15. The summed E-state index contributed by atoms with van der Waals surface area (Å²) in [4.78, 5) is 14.8. The van der Waals surface area contributed by atoms with E-state index in [1.807, 2.05) is 31.2 Å². The maximum atomic E-state index is 12.7. The number of rotatable bonds is 11. The number of amides is 1. The number of hydrogen-bond donors (Lipinski definition) is 1. The molecule has 2 aromatic rings. The van der Waals surface area contributed by atoms with Crippen molar-refractivity contribution in [1.82, 2.24) is 10.2 Å². The van der Waals surface area contributed by atoms with Crippen molar-refractivity contribution in [3.8, 4) is 17.2 Å². The number of hydrogen-bond acceptors (Lipinski definition) is 5. The zero-order valence-corrected chi connectivity index (χ0v) is 17.9. The fourth-order valence-corrected chi connectivity index (χ4v) is 3.57. The quantitative estimate of drug-likeness (QED) is 0.576. The van der Waals surface area contributed by atoms with E-state index in [2.05, 4.69) is 15.0 Å². The minimum atomic E-state index is -2.92. The third-order valence-corrected chi connectivity index (χ3v) is 5.22. The Morgan fingerprint density at radius 3 is 2.45 bits per heavy atom. The summed E-state index contributed by atoms with van der Waals surface area (Å²) in [5.74, 6) is 0.868. The summed E-state index contributed by atoms with van der Waals surface area (Å²) in [5.41, 5.74) is 1.77. The van der Waals surface area contributed by atoms with E-state index in [0.29, 0.717) is 12.6 Å². The van der Waals surface area contributed by atoms with Crippen LogP contribution in [0.25, 0.3) is 0 Å². The predicted molar refractivity (Wildman–Crippen MR) is 113 cm³/mol. The number of para-hydroxylation sites is 1. The number of benzene rings is 2. The number of carbonyl (C=O) groups excluding carboxylic acids is 1. The van der Waals surface area contributed by atoms with E-state index < -0.39 is 6.61 Å². The summed E-state index contributed by atoms with van der Waals surface area (Å²) in [6.07, 6.45) is 2.05. The zero-order chi connectivity index (χ0) is 22.4. The average molecular weight is 434 g/mol. The minimum Gasteiger partial charge on any atom is -0.496 e. The lowest BCUT2D eigenvalue weighted by atomic mass is 10.1. The molecule has 0 bridgehead atoms. The Balaban J connectivity index is 1.64. The van der Waals surface area contributed by atoms with Gasteiger partial charge < -0.3 is 19.5 Å². The van der Waals surface area contributed by atoms with Crippen LogP contribution >= 0.6 is 0 Å². The first kappa shape index (κ1) is 22.8. The molecule has 2 aromatic carbocycles. The standard InChI is InChI=1S/C23H28F2N2O4/c1-15(18-6-4-5-7-19(18)29-2)26-22(28)14-27(17-9-10-17)13-16-8-11-20(31-23(24)25)21(12-16)30-3/h4-8,11-12,15,17,23H,9-10,13-14H2,1-3H3,(H,26,28)/t15-/m0/s1. The van der Waals surface area contributed by atoms with Crippen molar-refractivity contribution in [3.05, 3.63) is 53.6 Å². The highest BCUT2D eigenvalue weighted by Crippen LogP contribution is 2.32. The van der Waals surface area contributed by atoms with Gasteiger partial charge in [-0.05, 0) is 43.5 Å². The summed E-state index contributed by atoms with van der Waals surface area (Å²) in [6, 6.07) is 12.6. The lowest BCUT2D eigenvalue weighted by Gasteiger charge is -2.24. The molecular formula is C23H28F2N2O4. The van der Waals surface area contributed by atoms with Gasteiger partial charge in [0.15, 0.2) is 11.5 Å². The van der Waals surface area contributed by atoms with Crippen LogP contribution in [0.5, 0.6) is 17.2 Å². The molecule has 0 saturated heterocycles. The van der Waals surface area contributed by atoms with E-state index >= 15 is 0 Å². The monoisotopic (exact) mass is 434 g/mol. The molecule has 0 unspecified atom stereocenters. The molecule has 3 rings (SSSR count). The molecule has 1 aliphatic carbocycles. The number of halogens is 2. The number of nitrogens with one attached hydrogen (secondary N) is 1. The summed E-state index contributed by atoms with van der Waals surface area (Å²) in [6.45, 7) is -0.255. The summed E-state index contributed by atoms with van der Waals surface area (Å²) >= 11 is 0. The molecule has 1 fully saturated rings. The van der Waals surface area contributed by atoms with Crippen molar-refractivity contribution in [2.45, 2.75) is 45.0 Å². The Hall–Kier alpha value is -2.87. The first-order valence-corrected chi connectivity index (χ1v) is 10.2.